The van der Waals surface area contributed by atoms with Gasteiger partial charge in [-0.2, -0.15) is 4.98 Å². The second-order valence-electron chi connectivity index (χ2n) is 5.33. The first-order chi connectivity index (χ1) is 12.0. The molecular formula is C18H16ClN3O3. The van der Waals surface area contributed by atoms with Crippen LogP contribution in [0.4, 0.5) is 11.5 Å². The number of hydrogen-bond acceptors (Lipinski definition) is 6. The summed E-state index contributed by atoms with van der Waals surface area (Å²) in [6, 6.07) is 10.7. The molecule has 3 rings (SSSR count). The van der Waals surface area contributed by atoms with Gasteiger partial charge in [-0.1, -0.05) is 12.1 Å². The molecule has 1 N–H and O–H groups in total. The van der Waals surface area contributed by atoms with Crippen LogP contribution >= 0.6 is 11.6 Å². The van der Waals surface area contributed by atoms with Crippen molar-refractivity contribution >= 4 is 39.8 Å². The topological polar surface area (TPSA) is 73.3 Å². The molecule has 0 atom stereocenters. The Balaban J connectivity index is 2.12. The number of nitrogens with one attached hydrogen (secondary N) is 1. The number of aromatic nitrogens is 2. The second kappa shape index (κ2) is 6.94. The molecule has 0 amide bonds. The van der Waals surface area contributed by atoms with E-state index in [0.29, 0.717) is 28.4 Å². The monoisotopic (exact) mass is 357 g/mol. The molecule has 2 aromatic carbocycles. The van der Waals surface area contributed by atoms with Crippen LogP contribution in [0.15, 0.2) is 36.4 Å². The summed E-state index contributed by atoms with van der Waals surface area (Å²) in [6.07, 6.45) is 0. The van der Waals surface area contributed by atoms with Gasteiger partial charge in [-0.05, 0) is 36.7 Å². The third kappa shape index (κ3) is 3.49. The van der Waals surface area contributed by atoms with E-state index in [9.17, 15) is 4.79 Å². The fourth-order valence-electron chi connectivity index (χ4n) is 2.48. The van der Waals surface area contributed by atoms with Crippen molar-refractivity contribution < 1.29 is 14.3 Å². The first-order valence-corrected chi connectivity index (χ1v) is 7.87. The minimum Gasteiger partial charge on any atom is -0.493 e. The molecule has 0 aliphatic heterocycles. The molecule has 0 saturated heterocycles. The van der Waals surface area contributed by atoms with E-state index in [1.165, 1.54) is 6.92 Å². The van der Waals surface area contributed by atoms with Crippen LogP contribution in [0, 0.1) is 0 Å². The Hall–Kier alpha value is -2.86. The number of benzene rings is 2. The van der Waals surface area contributed by atoms with Gasteiger partial charge in [-0.3, -0.25) is 4.79 Å². The molecule has 0 aliphatic carbocycles. The Bertz CT molecular complexity index is 960. The van der Waals surface area contributed by atoms with E-state index < -0.39 is 0 Å². The number of carbonyl (C=O) groups excluding carboxylic acids is 1. The number of hydrogen-bond donors (Lipinski definition) is 1. The number of methoxy groups -OCH3 is 2. The van der Waals surface area contributed by atoms with Gasteiger partial charge in [0.25, 0.3) is 0 Å². The normalized spacial score (nSPS) is 10.6. The first-order valence-electron chi connectivity index (χ1n) is 7.49. The molecule has 0 fully saturated rings. The lowest BCUT2D eigenvalue weighted by Gasteiger charge is -2.13. The molecule has 6 nitrogen and oxygen atoms in total. The van der Waals surface area contributed by atoms with Crippen molar-refractivity contribution in [2.24, 2.45) is 0 Å². The zero-order valence-corrected chi connectivity index (χ0v) is 14.7. The highest BCUT2D eigenvalue weighted by molar-refractivity contribution is 6.28. The number of ether oxygens (including phenoxy) is 2. The third-order valence-electron chi connectivity index (χ3n) is 3.71. The van der Waals surface area contributed by atoms with Crippen LogP contribution in [0.1, 0.15) is 17.3 Å². The zero-order chi connectivity index (χ0) is 18.0. The van der Waals surface area contributed by atoms with E-state index >= 15 is 0 Å². The maximum Gasteiger partial charge on any atom is 0.224 e. The summed E-state index contributed by atoms with van der Waals surface area (Å²) in [5.74, 6) is 1.60. The van der Waals surface area contributed by atoms with Gasteiger partial charge in [0.2, 0.25) is 5.28 Å². The quantitative estimate of drug-likeness (QED) is 0.543. The smallest absolute Gasteiger partial charge is 0.224 e. The van der Waals surface area contributed by atoms with Gasteiger partial charge in [0, 0.05) is 22.7 Å². The maximum atomic E-state index is 11.6. The highest BCUT2D eigenvalue weighted by Crippen LogP contribution is 2.35. The molecule has 0 radical (unpaired) electrons. The van der Waals surface area contributed by atoms with E-state index in [4.69, 9.17) is 21.1 Å². The van der Waals surface area contributed by atoms with Crippen LogP contribution in [0.5, 0.6) is 11.5 Å². The summed E-state index contributed by atoms with van der Waals surface area (Å²) < 4.78 is 10.6. The number of anilines is 2. The Morgan fingerprint density at radius 2 is 1.80 bits per heavy atom. The van der Waals surface area contributed by atoms with Crippen molar-refractivity contribution in [3.8, 4) is 11.5 Å². The maximum absolute atomic E-state index is 11.6. The predicted octanol–water partition coefficient (Wildman–Crippen LogP) is 4.25. The number of Topliss-reactive ketones (excluding diaryl/α,β-unsaturated/α-hetero) is 1. The van der Waals surface area contributed by atoms with E-state index in [0.717, 1.165) is 11.1 Å². The minimum atomic E-state index is -0.0133. The summed E-state index contributed by atoms with van der Waals surface area (Å²) in [6.45, 7) is 1.52. The predicted molar refractivity (Wildman–Crippen MR) is 97.4 cm³/mol. The lowest BCUT2D eigenvalue weighted by atomic mass is 10.1. The Morgan fingerprint density at radius 1 is 1.08 bits per heavy atom. The van der Waals surface area contributed by atoms with E-state index in [-0.39, 0.29) is 11.1 Å². The zero-order valence-electron chi connectivity index (χ0n) is 14.0. The summed E-state index contributed by atoms with van der Waals surface area (Å²) in [5, 5.41) is 4.01. The molecule has 128 valence electrons. The lowest BCUT2D eigenvalue weighted by Crippen LogP contribution is -2.00. The standard InChI is InChI=1S/C18H16ClN3O3/c1-10(23)11-5-4-6-12(7-11)20-17-13-8-15(24-2)16(25-3)9-14(13)21-18(19)22-17/h4-9H,1-3H3,(H,20,21,22). The fourth-order valence-corrected chi connectivity index (χ4v) is 2.65. The SMILES string of the molecule is COc1cc2nc(Cl)nc(Nc3cccc(C(C)=O)c3)c2cc1OC. The molecule has 0 bridgehead atoms. The van der Waals surface area contributed by atoms with Crippen molar-refractivity contribution in [2.75, 3.05) is 19.5 Å². The first kappa shape index (κ1) is 17.0. The number of rotatable bonds is 5. The summed E-state index contributed by atoms with van der Waals surface area (Å²) >= 11 is 6.05. The van der Waals surface area contributed by atoms with E-state index in [2.05, 4.69) is 15.3 Å². The molecule has 0 unspecified atom stereocenters. The van der Waals surface area contributed by atoms with Crippen LogP contribution in [0.3, 0.4) is 0 Å². The Morgan fingerprint density at radius 3 is 2.48 bits per heavy atom. The van der Waals surface area contributed by atoms with E-state index in [1.54, 1.807) is 44.6 Å². The van der Waals surface area contributed by atoms with Crippen molar-refractivity contribution in [3.63, 3.8) is 0 Å². The van der Waals surface area contributed by atoms with Crippen molar-refractivity contribution in [3.05, 3.63) is 47.2 Å². The van der Waals surface area contributed by atoms with Crippen LogP contribution in [0.2, 0.25) is 5.28 Å². The summed E-state index contributed by atoms with van der Waals surface area (Å²) in [5.41, 5.74) is 1.94. The molecule has 0 aliphatic rings. The second-order valence-corrected chi connectivity index (χ2v) is 5.67. The van der Waals surface area contributed by atoms with Crippen LogP contribution < -0.4 is 14.8 Å². The molecule has 1 heterocycles. The van der Waals surface area contributed by atoms with E-state index in [1.807, 2.05) is 6.07 Å². The Labute approximate surface area is 149 Å². The third-order valence-corrected chi connectivity index (χ3v) is 3.87. The van der Waals surface area contributed by atoms with Crippen LogP contribution in [-0.2, 0) is 0 Å². The number of ketones is 1. The largest absolute Gasteiger partial charge is 0.493 e. The molecule has 0 saturated carbocycles. The average Bonchev–Trinajstić information content (AvgIpc) is 2.60. The number of nitrogens with zero attached hydrogens (tertiary/aromatic N) is 2. The van der Waals surface area contributed by atoms with Gasteiger partial charge in [0.1, 0.15) is 5.82 Å². The highest BCUT2D eigenvalue weighted by atomic mass is 35.5. The van der Waals surface area contributed by atoms with Crippen LogP contribution in [0.25, 0.3) is 10.9 Å². The van der Waals surface area contributed by atoms with Gasteiger partial charge in [-0.25, -0.2) is 4.98 Å². The van der Waals surface area contributed by atoms with Crippen molar-refractivity contribution in [1.29, 1.82) is 0 Å². The van der Waals surface area contributed by atoms with Gasteiger partial charge in [0.05, 0.1) is 19.7 Å². The summed E-state index contributed by atoms with van der Waals surface area (Å²) in [4.78, 5) is 20.1. The molecule has 1 aromatic heterocycles. The van der Waals surface area contributed by atoms with Gasteiger partial charge >= 0.3 is 0 Å². The molecule has 3 aromatic rings. The fraction of sp³-hybridized carbons (Fsp3) is 0.167. The molecule has 0 spiro atoms. The molecular weight excluding hydrogens is 342 g/mol. The average molecular weight is 358 g/mol. The minimum absolute atomic E-state index is 0.0133. The summed E-state index contributed by atoms with van der Waals surface area (Å²) in [7, 11) is 3.11. The number of carbonyl (C=O) groups is 1. The number of fused-ring (bicyclic) bond motifs is 1. The van der Waals surface area contributed by atoms with Gasteiger partial charge < -0.3 is 14.8 Å². The molecule has 25 heavy (non-hydrogen) atoms. The lowest BCUT2D eigenvalue weighted by molar-refractivity contribution is 0.101. The highest BCUT2D eigenvalue weighted by Gasteiger charge is 2.13. The van der Waals surface area contributed by atoms with Crippen molar-refractivity contribution in [2.45, 2.75) is 6.92 Å². The number of halogens is 1. The van der Waals surface area contributed by atoms with Crippen LogP contribution in [-0.4, -0.2) is 30.0 Å². The van der Waals surface area contributed by atoms with Gasteiger partial charge in [0.15, 0.2) is 17.3 Å². The van der Waals surface area contributed by atoms with Gasteiger partial charge in [-0.15, -0.1) is 0 Å². The molecule has 7 heteroatoms. The Kier molecular flexibility index (Phi) is 4.72. The van der Waals surface area contributed by atoms with Crippen molar-refractivity contribution in [1.82, 2.24) is 9.97 Å².